The first-order valence-corrected chi connectivity index (χ1v) is 3.50. The molecule has 1 atom stereocenters. The second-order valence-electron chi connectivity index (χ2n) is 2.58. The fraction of sp³-hybridized carbons (Fsp3) is 0.500. The van der Waals surface area contributed by atoms with Gasteiger partial charge in [0.1, 0.15) is 0 Å². The second kappa shape index (κ2) is 2.05. The van der Waals surface area contributed by atoms with Gasteiger partial charge in [-0.2, -0.15) is 9.78 Å². The van der Waals surface area contributed by atoms with Gasteiger partial charge in [-0.15, -0.1) is 10.2 Å². The van der Waals surface area contributed by atoms with Crippen LogP contribution in [-0.4, -0.2) is 27.1 Å². The van der Waals surface area contributed by atoms with Crippen LogP contribution in [0, 0.1) is 6.92 Å². The smallest absolute Gasteiger partial charge is 0.246 e. The Bertz CT molecular complexity index is 300. The van der Waals surface area contributed by atoms with Crippen LogP contribution >= 0.6 is 0 Å². The van der Waals surface area contributed by atoms with Gasteiger partial charge >= 0.3 is 0 Å². The zero-order chi connectivity index (χ0) is 7.84. The van der Waals surface area contributed by atoms with Gasteiger partial charge in [0.2, 0.25) is 5.95 Å². The maximum atomic E-state index is 4.14. The number of hydrogen-bond donors (Lipinski definition) is 1. The summed E-state index contributed by atoms with van der Waals surface area (Å²) in [6.45, 7) is 3.88. The Balaban J connectivity index is 2.48. The molecule has 1 aliphatic rings. The Labute approximate surface area is 64.1 Å². The van der Waals surface area contributed by atoms with Crippen molar-refractivity contribution < 1.29 is 0 Å². The van der Waals surface area contributed by atoms with Crippen LogP contribution in [0.1, 0.15) is 12.7 Å². The first-order valence-electron chi connectivity index (χ1n) is 3.50. The summed E-state index contributed by atoms with van der Waals surface area (Å²) in [6.07, 6.45) is 1.82. The molecule has 0 radical (unpaired) electrons. The van der Waals surface area contributed by atoms with E-state index < -0.39 is 0 Å². The monoisotopic (exact) mass is 151 g/mol. The molecule has 2 heterocycles. The lowest BCUT2D eigenvalue weighted by Crippen LogP contribution is -2.23. The number of hydrogen-bond acceptors (Lipinski definition) is 4. The number of rotatable bonds is 0. The number of nitrogens with one attached hydrogen (secondary N) is 1. The predicted octanol–water partition coefficient (Wildman–Crippen LogP) is 0.234. The van der Waals surface area contributed by atoms with Crippen molar-refractivity contribution in [1.29, 1.82) is 0 Å². The highest BCUT2D eigenvalue weighted by Gasteiger charge is 2.13. The zero-order valence-electron chi connectivity index (χ0n) is 6.44. The van der Waals surface area contributed by atoms with Gasteiger partial charge in [0, 0.05) is 6.21 Å². The van der Waals surface area contributed by atoms with Crippen LogP contribution in [0.5, 0.6) is 0 Å². The molecule has 58 valence electrons. The average molecular weight is 151 g/mol. The van der Waals surface area contributed by atoms with E-state index in [0.717, 1.165) is 11.8 Å². The SMILES string of the molecule is Cc1nnc2n1N=CC(C)N2. The van der Waals surface area contributed by atoms with E-state index in [9.17, 15) is 0 Å². The maximum Gasteiger partial charge on any atom is 0.246 e. The van der Waals surface area contributed by atoms with Gasteiger partial charge in [-0.3, -0.25) is 0 Å². The van der Waals surface area contributed by atoms with E-state index in [1.807, 2.05) is 20.1 Å². The molecule has 2 rings (SSSR count). The molecule has 0 fully saturated rings. The Morgan fingerprint density at radius 2 is 2.36 bits per heavy atom. The molecular weight excluding hydrogens is 142 g/mol. The molecule has 1 aromatic heterocycles. The summed E-state index contributed by atoms with van der Waals surface area (Å²) < 4.78 is 1.68. The molecule has 5 nitrogen and oxygen atoms in total. The lowest BCUT2D eigenvalue weighted by Gasteiger charge is -2.13. The average Bonchev–Trinajstić information content (AvgIpc) is 2.32. The standard InChI is InChI=1S/C6H9N5/c1-4-3-7-11-5(2)9-10-6(11)8-4/h3-4H,1-2H3,(H,8,10). The fourth-order valence-corrected chi connectivity index (χ4v) is 0.994. The minimum absolute atomic E-state index is 0.242. The summed E-state index contributed by atoms with van der Waals surface area (Å²) in [7, 11) is 0. The second-order valence-corrected chi connectivity index (χ2v) is 2.58. The van der Waals surface area contributed by atoms with Crippen LogP contribution in [0.3, 0.4) is 0 Å². The number of fused-ring (bicyclic) bond motifs is 1. The summed E-state index contributed by atoms with van der Waals surface area (Å²) in [4.78, 5) is 0. The molecule has 11 heavy (non-hydrogen) atoms. The van der Waals surface area contributed by atoms with Gasteiger partial charge in [0.15, 0.2) is 5.82 Å². The zero-order valence-corrected chi connectivity index (χ0v) is 6.44. The van der Waals surface area contributed by atoms with Crippen molar-refractivity contribution in [2.45, 2.75) is 19.9 Å². The molecule has 1 unspecified atom stereocenters. The fourth-order valence-electron chi connectivity index (χ4n) is 0.994. The highest BCUT2D eigenvalue weighted by Crippen LogP contribution is 2.10. The number of aromatic nitrogens is 3. The van der Waals surface area contributed by atoms with Gasteiger partial charge in [0.05, 0.1) is 6.04 Å². The highest BCUT2D eigenvalue weighted by molar-refractivity contribution is 5.69. The van der Waals surface area contributed by atoms with E-state index >= 15 is 0 Å². The van der Waals surface area contributed by atoms with Crippen molar-refractivity contribution >= 4 is 12.2 Å². The van der Waals surface area contributed by atoms with Gasteiger partial charge in [-0.05, 0) is 13.8 Å². The van der Waals surface area contributed by atoms with E-state index in [1.165, 1.54) is 0 Å². The Morgan fingerprint density at radius 3 is 3.18 bits per heavy atom. The number of aryl methyl sites for hydroxylation is 1. The van der Waals surface area contributed by atoms with E-state index in [4.69, 9.17) is 0 Å². The van der Waals surface area contributed by atoms with Crippen molar-refractivity contribution in [1.82, 2.24) is 14.9 Å². The molecule has 1 N–H and O–H groups in total. The van der Waals surface area contributed by atoms with Crippen molar-refractivity contribution in [3.8, 4) is 0 Å². The molecule has 0 saturated carbocycles. The van der Waals surface area contributed by atoms with E-state index in [1.54, 1.807) is 4.68 Å². The molecule has 0 amide bonds. The summed E-state index contributed by atoms with van der Waals surface area (Å²) >= 11 is 0. The van der Waals surface area contributed by atoms with Crippen LogP contribution < -0.4 is 5.32 Å². The van der Waals surface area contributed by atoms with Crippen molar-refractivity contribution in [3.63, 3.8) is 0 Å². The Morgan fingerprint density at radius 1 is 1.55 bits per heavy atom. The lowest BCUT2D eigenvalue weighted by atomic mass is 10.4. The van der Waals surface area contributed by atoms with Gasteiger partial charge in [0.25, 0.3) is 0 Å². The molecule has 0 bridgehead atoms. The molecular formula is C6H9N5. The van der Waals surface area contributed by atoms with Crippen molar-refractivity contribution in [2.24, 2.45) is 5.10 Å². The largest absolute Gasteiger partial charge is 0.345 e. The minimum atomic E-state index is 0.242. The number of nitrogens with zero attached hydrogens (tertiary/aromatic N) is 4. The van der Waals surface area contributed by atoms with Crippen LogP contribution in [0.4, 0.5) is 5.95 Å². The molecule has 0 aromatic carbocycles. The number of anilines is 1. The maximum absolute atomic E-state index is 4.14. The Hall–Kier alpha value is -1.39. The third-order valence-electron chi connectivity index (χ3n) is 1.56. The quantitative estimate of drug-likeness (QED) is 0.577. The third kappa shape index (κ3) is 0.886. The molecule has 1 aromatic rings. The van der Waals surface area contributed by atoms with E-state index in [0.29, 0.717) is 0 Å². The Kier molecular flexibility index (Phi) is 1.18. The summed E-state index contributed by atoms with van der Waals surface area (Å²) in [5, 5.41) is 15.0. The van der Waals surface area contributed by atoms with Crippen molar-refractivity contribution in [2.75, 3.05) is 5.32 Å². The van der Waals surface area contributed by atoms with Gasteiger partial charge in [-0.1, -0.05) is 0 Å². The van der Waals surface area contributed by atoms with Gasteiger partial charge in [-0.25, -0.2) is 0 Å². The molecule has 0 aliphatic carbocycles. The highest BCUT2D eigenvalue weighted by atomic mass is 15.5. The van der Waals surface area contributed by atoms with E-state index in [2.05, 4.69) is 20.6 Å². The minimum Gasteiger partial charge on any atom is -0.345 e. The molecule has 5 heteroatoms. The van der Waals surface area contributed by atoms with Crippen molar-refractivity contribution in [3.05, 3.63) is 5.82 Å². The summed E-state index contributed by atoms with van der Waals surface area (Å²) in [5.74, 6) is 1.52. The predicted molar refractivity (Wildman–Crippen MR) is 41.7 cm³/mol. The van der Waals surface area contributed by atoms with Crippen LogP contribution in [0.15, 0.2) is 5.10 Å². The molecule has 1 aliphatic heterocycles. The molecule has 0 spiro atoms. The molecule has 0 saturated heterocycles. The van der Waals surface area contributed by atoms with Crippen LogP contribution in [-0.2, 0) is 0 Å². The topological polar surface area (TPSA) is 55.1 Å². The van der Waals surface area contributed by atoms with Crippen LogP contribution in [0.25, 0.3) is 0 Å². The lowest BCUT2D eigenvalue weighted by molar-refractivity contribution is 0.794. The summed E-state index contributed by atoms with van der Waals surface area (Å²) in [6, 6.07) is 0.242. The van der Waals surface area contributed by atoms with E-state index in [-0.39, 0.29) is 6.04 Å². The van der Waals surface area contributed by atoms with Crippen LogP contribution in [0.2, 0.25) is 0 Å². The summed E-state index contributed by atoms with van der Waals surface area (Å²) in [5.41, 5.74) is 0. The first-order chi connectivity index (χ1) is 5.27. The third-order valence-corrected chi connectivity index (χ3v) is 1.56. The normalized spacial score (nSPS) is 21.1. The van der Waals surface area contributed by atoms with Gasteiger partial charge < -0.3 is 5.32 Å². The first kappa shape index (κ1) is 6.33.